The minimum Gasteiger partial charge on any atom is -0.351 e. The molecule has 0 atom stereocenters. The van der Waals surface area contributed by atoms with Crippen molar-refractivity contribution in [1.29, 1.82) is 0 Å². The van der Waals surface area contributed by atoms with Crippen LogP contribution in [0.2, 0.25) is 0 Å². The van der Waals surface area contributed by atoms with Crippen molar-refractivity contribution < 1.29 is 4.79 Å². The molecule has 0 aliphatic carbocycles. The lowest BCUT2D eigenvalue weighted by atomic mass is 10.3. The monoisotopic (exact) mass is 323 g/mol. The summed E-state index contributed by atoms with van der Waals surface area (Å²) in [5.41, 5.74) is 2.07. The zero-order valence-corrected chi connectivity index (χ0v) is 13.2. The zero-order chi connectivity index (χ0) is 16.8. The van der Waals surface area contributed by atoms with Gasteiger partial charge in [0.25, 0.3) is 5.91 Å². The van der Waals surface area contributed by atoms with E-state index in [0.717, 1.165) is 11.4 Å². The number of nitrogens with one attached hydrogen (secondary N) is 2. The van der Waals surface area contributed by atoms with E-state index in [1.165, 1.54) is 0 Å². The highest BCUT2D eigenvalue weighted by Gasteiger charge is 2.08. The number of tetrazole rings is 1. The van der Waals surface area contributed by atoms with Crippen molar-refractivity contribution in [3.8, 4) is 5.69 Å². The first kappa shape index (κ1) is 15.6. The van der Waals surface area contributed by atoms with Gasteiger partial charge in [-0.1, -0.05) is 29.4 Å². The summed E-state index contributed by atoms with van der Waals surface area (Å²) in [6.45, 7) is 2.77. The Labute approximate surface area is 138 Å². The lowest BCUT2D eigenvalue weighted by molar-refractivity contribution is 0.0950. The molecule has 8 heteroatoms. The Kier molecular flexibility index (Phi) is 4.76. The Balaban J connectivity index is 1.53. The van der Waals surface area contributed by atoms with Crippen molar-refractivity contribution in [3.63, 3.8) is 0 Å². The Morgan fingerprint density at radius 1 is 1.08 bits per heavy atom. The molecular formula is C16H17N7O. The SMILES string of the molecule is Cc1cccc(C(=O)NCCNc2nnnn2-c2ccccc2)n1. The van der Waals surface area contributed by atoms with Crippen LogP contribution in [0.3, 0.4) is 0 Å². The number of carbonyl (C=O) groups excluding carboxylic acids is 1. The van der Waals surface area contributed by atoms with Crippen molar-refractivity contribution in [1.82, 2.24) is 30.5 Å². The van der Waals surface area contributed by atoms with Gasteiger partial charge in [0, 0.05) is 18.8 Å². The van der Waals surface area contributed by atoms with Gasteiger partial charge in [0.2, 0.25) is 5.95 Å². The van der Waals surface area contributed by atoms with Crippen molar-refractivity contribution in [2.24, 2.45) is 0 Å². The number of pyridine rings is 1. The van der Waals surface area contributed by atoms with Gasteiger partial charge in [0.15, 0.2) is 0 Å². The summed E-state index contributed by atoms with van der Waals surface area (Å²) in [6.07, 6.45) is 0. The summed E-state index contributed by atoms with van der Waals surface area (Å²) < 4.78 is 1.60. The fraction of sp³-hybridized carbons (Fsp3) is 0.188. The van der Waals surface area contributed by atoms with Gasteiger partial charge < -0.3 is 10.6 Å². The zero-order valence-electron chi connectivity index (χ0n) is 13.2. The first-order chi connectivity index (χ1) is 11.7. The van der Waals surface area contributed by atoms with Crippen LogP contribution in [0.15, 0.2) is 48.5 Å². The molecule has 122 valence electrons. The predicted octanol–water partition coefficient (Wildman–Crippen LogP) is 1.21. The van der Waals surface area contributed by atoms with Crippen molar-refractivity contribution in [3.05, 3.63) is 59.9 Å². The van der Waals surface area contributed by atoms with E-state index >= 15 is 0 Å². The molecule has 0 saturated carbocycles. The van der Waals surface area contributed by atoms with Crippen LogP contribution in [0.5, 0.6) is 0 Å². The molecule has 0 fully saturated rings. The molecule has 0 aliphatic heterocycles. The van der Waals surface area contributed by atoms with Crippen molar-refractivity contribution in [2.75, 3.05) is 18.4 Å². The smallest absolute Gasteiger partial charge is 0.269 e. The van der Waals surface area contributed by atoms with Crippen LogP contribution in [0.1, 0.15) is 16.2 Å². The molecule has 24 heavy (non-hydrogen) atoms. The Bertz CT molecular complexity index is 816. The second-order valence-electron chi connectivity index (χ2n) is 5.10. The van der Waals surface area contributed by atoms with Crippen molar-refractivity contribution in [2.45, 2.75) is 6.92 Å². The molecule has 2 aromatic heterocycles. The maximum atomic E-state index is 12.0. The summed E-state index contributed by atoms with van der Waals surface area (Å²) in [7, 11) is 0. The molecule has 0 radical (unpaired) electrons. The average molecular weight is 323 g/mol. The van der Waals surface area contributed by atoms with Gasteiger partial charge in [-0.3, -0.25) is 4.79 Å². The number of amides is 1. The number of rotatable bonds is 6. The van der Waals surface area contributed by atoms with E-state index in [2.05, 4.69) is 31.1 Å². The third-order valence-corrected chi connectivity index (χ3v) is 3.28. The second-order valence-corrected chi connectivity index (χ2v) is 5.10. The summed E-state index contributed by atoms with van der Waals surface area (Å²) in [5.74, 6) is 0.312. The fourth-order valence-electron chi connectivity index (χ4n) is 2.15. The molecule has 3 aromatic rings. The van der Waals surface area contributed by atoms with E-state index in [4.69, 9.17) is 0 Å². The number of hydrogen-bond donors (Lipinski definition) is 2. The first-order valence-corrected chi connectivity index (χ1v) is 7.53. The van der Waals surface area contributed by atoms with E-state index in [1.807, 2.05) is 49.4 Å². The van der Waals surface area contributed by atoms with Gasteiger partial charge >= 0.3 is 0 Å². The highest BCUT2D eigenvalue weighted by Crippen LogP contribution is 2.09. The number of para-hydroxylation sites is 1. The quantitative estimate of drug-likeness (QED) is 0.662. The molecule has 8 nitrogen and oxygen atoms in total. The standard InChI is InChI=1S/C16H17N7O/c1-12-6-5-9-14(19-12)15(24)17-10-11-18-16-20-21-22-23(16)13-7-3-2-4-8-13/h2-9H,10-11H2,1H3,(H,17,24)(H,18,20,22). The largest absolute Gasteiger partial charge is 0.351 e. The van der Waals surface area contributed by atoms with Gasteiger partial charge in [0.05, 0.1) is 5.69 Å². The maximum Gasteiger partial charge on any atom is 0.269 e. The van der Waals surface area contributed by atoms with E-state index in [1.54, 1.807) is 10.7 Å². The van der Waals surface area contributed by atoms with Crippen LogP contribution in [0.25, 0.3) is 5.69 Å². The van der Waals surface area contributed by atoms with Gasteiger partial charge in [-0.25, -0.2) is 4.98 Å². The van der Waals surface area contributed by atoms with E-state index < -0.39 is 0 Å². The van der Waals surface area contributed by atoms with Gasteiger partial charge in [-0.05, 0) is 41.6 Å². The van der Waals surface area contributed by atoms with E-state index in [9.17, 15) is 4.79 Å². The van der Waals surface area contributed by atoms with Gasteiger partial charge in [-0.2, -0.15) is 4.68 Å². The minimum atomic E-state index is -0.205. The molecule has 2 heterocycles. The highest BCUT2D eigenvalue weighted by atomic mass is 16.1. The molecule has 0 aliphatic rings. The van der Waals surface area contributed by atoms with Crippen LogP contribution < -0.4 is 10.6 Å². The molecule has 2 N–H and O–H groups in total. The number of nitrogens with zero attached hydrogens (tertiary/aromatic N) is 5. The van der Waals surface area contributed by atoms with E-state index in [-0.39, 0.29) is 5.91 Å². The van der Waals surface area contributed by atoms with Crippen LogP contribution in [0.4, 0.5) is 5.95 Å². The Morgan fingerprint density at radius 3 is 2.71 bits per heavy atom. The second kappa shape index (κ2) is 7.32. The maximum absolute atomic E-state index is 12.0. The van der Waals surface area contributed by atoms with Crippen LogP contribution >= 0.6 is 0 Å². The van der Waals surface area contributed by atoms with Crippen LogP contribution in [0, 0.1) is 6.92 Å². The number of aromatic nitrogens is 5. The number of hydrogen-bond acceptors (Lipinski definition) is 6. The van der Waals surface area contributed by atoms with Crippen molar-refractivity contribution >= 4 is 11.9 Å². The molecule has 0 bridgehead atoms. The molecule has 0 spiro atoms. The summed E-state index contributed by atoms with van der Waals surface area (Å²) >= 11 is 0. The summed E-state index contributed by atoms with van der Waals surface area (Å²) in [4.78, 5) is 16.2. The molecular weight excluding hydrogens is 306 g/mol. The molecule has 0 unspecified atom stereocenters. The topological polar surface area (TPSA) is 97.6 Å². The number of benzene rings is 1. The average Bonchev–Trinajstić information content (AvgIpc) is 3.08. The van der Waals surface area contributed by atoms with E-state index in [0.29, 0.717) is 24.7 Å². The number of aryl methyl sites for hydroxylation is 1. The third-order valence-electron chi connectivity index (χ3n) is 3.28. The number of carbonyl (C=O) groups is 1. The normalized spacial score (nSPS) is 10.4. The summed E-state index contributed by atoms with van der Waals surface area (Å²) in [6, 6.07) is 14.9. The molecule has 0 saturated heterocycles. The molecule has 1 amide bonds. The third kappa shape index (κ3) is 3.72. The van der Waals surface area contributed by atoms with Gasteiger partial charge in [-0.15, -0.1) is 0 Å². The van der Waals surface area contributed by atoms with Crippen LogP contribution in [-0.2, 0) is 0 Å². The molecule has 1 aromatic carbocycles. The first-order valence-electron chi connectivity index (χ1n) is 7.53. The van der Waals surface area contributed by atoms with Crippen LogP contribution in [-0.4, -0.2) is 44.2 Å². The lowest BCUT2D eigenvalue weighted by Crippen LogP contribution is -2.30. The molecule has 3 rings (SSSR count). The minimum absolute atomic E-state index is 0.205. The lowest BCUT2D eigenvalue weighted by Gasteiger charge is -2.08. The Hall–Kier alpha value is -3.29. The Morgan fingerprint density at radius 2 is 1.92 bits per heavy atom. The number of anilines is 1. The van der Waals surface area contributed by atoms with Gasteiger partial charge in [0.1, 0.15) is 5.69 Å². The summed E-state index contributed by atoms with van der Waals surface area (Å²) in [5, 5.41) is 17.5. The highest BCUT2D eigenvalue weighted by molar-refractivity contribution is 5.92. The fourth-order valence-corrected chi connectivity index (χ4v) is 2.15. The predicted molar refractivity (Wildman–Crippen MR) is 89.0 cm³/mol.